The molecule has 0 heterocycles. The van der Waals surface area contributed by atoms with Crippen LogP contribution in [0.1, 0.15) is 201 Å². The van der Waals surface area contributed by atoms with Crippen LogP contribution in [0.2, 0.25) is 0 Å². The van der Waals surface area contributed by atoms with Crippen LogP contribution in [0, 0.1) is 0 Å². The third-order valence-corrected chi connectivity index (χ3v) is 8.96. The van der Waals surface area contributed by atoms with E-state index >= 15 is 0 Å². The Balaban J connectivity index is 0. The van der Waals surface area contributed by atoms with Crippen molar-refractivity contribution in [1.82, 2.24) is 0 Å². The summed E-state index contributed by atoms with van der Waals surface area (Å²) in [5.41, 5.74) is 0. The summed E-state index contributed by atoms with van der Waals surface area (Å²) in [5.74, 6) is 0. The first-order chi connectivity index (χ1) is 19.6. The van der Waals surface area contributed by atoms with Gasteiger partial charge in [-0.15, -0.1) is 0 Å². The molecule has 0 saturated carbocycles. The summed E-state index contributed by atoms with van der Waals surface area (Å²) < 4.78 is 34.2. The maximum Gasteiger partial charge on any atom is 0.215 e. The highest BCUT2D eigenvalue weighted by molar-refractivity contribution is 7.79. The van der Waals surface area contributed by atoms with Crippen molar-refractivity contribution in [3.05, 3.63) is 0 Å². The zero-order valence-electron chi connectivity index (χ0n) is 28.6. The molecule has 0 aliphatic heterocycles. The van der Waals surface area contributed by atoms with Crippen LogP contribution in [0.15, 0.2) is 0 Å². The number of nitrogens with zero attached hydrogens (tertiary/aromatic N) is 1. The Kier molecular flexibility index (Phi) is 32.8. The highest BCUT2D eigenvalue weighted by atomic mass is 32.3. The van der Waals surface area contributed by atoms with Crippen molar-refractivity contribution < 1.29 is 22.0 Å². The number of hydrogen-bond acceptors (Lipinski definition) is 3. The first kappa shape index (κ1) is 43.0. The molecule has 0 radical (unpaired) electrons. The fourth-order valence-corrected chi connectivity index (χ4v) is 6.25. The van der Waals surface area contributed by atoms with E-state index in [1.165, 1.54) is 191 Å². The zero-order valence-corrected chi connectivity index (χ0v) is 29.4. The normalized spacial score (nSPS) is 13.3. The Hall–Kier alpha value is -0.170. The molecule has 1 atom stereocenters. The second-order valence-electron chi connectivity index (χ2n) is 13.0. The summed E-state index contributed by atoms with van der Waals surface area (Å²) in [7, 11) is -2.24. The zero-order chi connectivity index (χ0) is 31.1. The van der Waals surface area contributed by atoms with Crippen LogP contribution in [0.4, 0.5) is 0 Å². The monoisotopic (exact) mass is 606 g/mol. The maximum atomic E-state index is 8.63. The van der Waals surface area contributed by atoms with E-state index in [1.54, 1.807) is 0 Å². The predicted octanol–water partition coefficient (Wildman–Crippen LogP) is 11.4. The topological polar surface area (TPSA) is 77.4 Å². The van der Waals surface area contributed by atoms with Crippen LogP contribution >= 0.6 is 0 Å². The Morgan fingerprint density at radius 1 is 0.488 bits per heavy atom. The van der Waals surface area contributed by atoms with Crippen LogP contribution in [0.5, 0.6) is 0 Å². The van der Waals surface area contributed by atoms with E-state index < -0.39 is 10.4 Å². The lowest BCUT2D eigenvalue weighted by molar-refractivity contribution is -0.934. The molecule has 0 aliphatic rings. The molecule has 41 heavy (non-hydrogen) atoms. The summed E-state index contributed by atoms with van der Waals surface area (Å²) in [6.07, 6.45) is 39.1. The lowest BCUT2D eigenvalue weighted by atomic mass is 9.95. The number of quaternary nitrogens is 1. The van der Waals surface area contributed by atoms with Crippen molar-refractivity contribution in [2.24, 2.45) is 0 Å². The average molecular weight is 606 g/mol. The molecule has 0 fully saturated rings. The Morgan fingerprint density at radius 3 is 1.00 bits per heavy atom. The molecule has 0 aliphatic carbocycles. The van der Waals surface area contributed by atoms with E-state index in [-0.39, 0.29) is 0 Å². The van der Waals surface area contributed by atoms with Crippen molar-refractivity contribution in [3.8, 4) is 0 Å². The van der Waals surface area contributed by atoms with Crippen LogP contribution in [0.25, 0.3) is 0 Å². The Bertz CT molecular complexity index is 587. The first-order valence-electron chi connectivity index (χ1n) is 18.2. The molecule has 0 saturated heterocycles. The van der Waals surface area contributed by atoms with Gasteiger partial charge >= 0.3 is 0 Å². The molecule has 0 aromatic rings. The van der Waals surface area contributed by atoms with Gasteiger partial charge in [0, 0.05) is 0 Å². The van der Waals surface area contributed by atoms with Gasteiger partial charge in [-0.1, -0.05) is 150 Å². The van der Waals surface area contributed by atoms with E-state index in [2.05, 4.69) is 34.7 Å². The third kappa shape index (κ3) is 34.2. The van der Waals surface area contributed by atoms with E-state index in [0.29, 0.717) is 0 Å². The van der Waals surface area contributed by atoms with Gasteiger partial charge in [0.1, 0.15) is 0 Å². The lowest BCUT2D eigenvalue weighted by Gasteiger charge is -2.43. The van der Waals surface area contributed by atoms with Gasteiger partial charge in [0.15, 0.2) is 0 Å². The van der Waals surface area contributed by atoms with Crippen molar-refractivity contribution in [2.75, 3.05) is 20.1 Å². The average Bonchev–Trinajstić information content (AvgIpc) is 2.92. The van der Waals surface area contributed by atoms with Gasteiger partial charge in [0.25, 0.3) is 0 Å². The molecule has 0 bridgehead atoms. The molecule has 0 spiro atoms. The van der Waals surface area contributed by atoms with E-state index in [4.69, 9.17) is 17.5 Å². The molecule has 0 rings (SSSR count). The molecule has 0 aromatic heterocycles. The standard InChI is InChI=1S/C35H74N.H2O4S/c1-6-10-14-18-21-24-27-31-35(32-28-25-22-19-15-11-7-2)36(5,33-29-17-13-9-4)34-30-26-23-20-16-12-8-3;1-5(2,3)4/h35H,6-34H2,1-5H3;(H2,1,2,3,4)/q+1;/p-1. The summed E-state index contributed by atoms with van der Waals surface area (Å²) in [6, 6.07) is 0.915. The van der Waals surface area contributed by atoms with Gasteiger partial charge in [-0.25, -0.2) is 8.42 Å². The number of hydrogen-bond donors (Lipinski definition) is 1. The van der Waals surface area contributed by atoms with Crippen LogP contribution in [0.3, 0.4) is 0 Å². The molecule has 6 heteroatoms. The molecular weight excluding hydrogens is 530 g/mol. The minimum Gasteiger partial charge on any atom is -0.726 e. The van der Waals surface area contributed by atoms with Crippen molar-refractivity contribution in [1.29, 1.82) is 0 Å². The highest BCUT2D eigenvalue weighted by Crippen LogP contribution is 2.26. The summed E-state index contributed by atoms with van der Waals surface area (Å²) >= 11 is 0. The van der Waals surface area contributed by atoms with Gasteiger partial charge in [-0.05, 0) is 51.4 Å². The van der Waals surface area contributed by atoms with Gasteiger partial charge in [-0.3, -0.25) is 4.55 Å². The predicted molar refractivity (Wildman–Crippen MR) is 179 cm³/mol. The summed E-state index contributed by atoms with van der Waals surface area (Å²) in [6.45, 7) is 12.2. The fraction of sp³-hybridized carbons (Fsp3) is 1.00. The maximum absolute atomic E-state index is 8.63. The second kappa shape index (κ2) is 31.3. The Morgan fingerprint density at radius 2 is 0.707 bits per heavy atom. The fourth-order valence-electron chi connectivity index (χ4n) is 6.25. The molecule has 5 nitrogen and oxygen atoms in total. The SMILES string of the molecule is CCCCCCCCCC(CCCCCCCCC)[N+](C)(CCCCCC)CCCCCCCCC.O=S(=O)([O-])O. The van der Waals surface area contributed by atoms with Gasteiger partial charge in [0.2, 0.25) is 10.4 Å². The molecule has 0 amide bonds. The highest BCUT2D eigenvalue weighted by Gasteiger charge is 2.31. The van der Waals surface area contributed by atoms with Gasteiger partial charge < -0.3 is 9.04 Å². The molecule has 0 aromatic carbocycles. The van der Waals surface area contributed by atoms with Crippen molar-refractivity contribution in [2.45, 2.75) is 207 Å². The van der Waals surface area contributed by atoms with Gasteiger partial charge in [0.05, 0.1) is 26.2 Å². The van der Waals surface area contributed by atoms with Crippen LogP contribution in [-0.4, -0.2) is 48.2 Å². The Labute approximate surface area is 259 Å². The minimum absolute atomic E-state index is 0.915. The molecule has 1 unspecified atom stereocenters. The minimum atomic E-state index is -4.92. The first-order valence-corrected chi connectivity index (χ1v) is 19.5. The quantitative estimate of drug-likeness (QED) is 0.0382. The van der Waals surface area contributed by atoms with Crippen LogP contribution < -0.4 is 0 Å². The van der Waals surface area contributed by atoms with E-state index in [0.717, 1.165) is 6.04 Å². The van der Waals surface area contributed by atoms with Crippen molar-refractivity contribution in [3.63, 3.8) is 0 Å². The molecule has 1 N–H and O–H groups in total. The van der Waals surface area contributed by atoms with Crippen LogP contribution in [-0.2, 0) is 10.4 Å². The van der Waals surface area contributed by atoms with Gasteiger partial charge in [-0.2, -0.15) is 0 Å². The largest absolute Gasteiger partial charge is 0.726 e. The molecule has 250 valence electrons. The summed E-state index contributed by atoms with van der Waals surface area (Å²) in [5, 5.41) is 0. The number of unbranched alkanes of at least 4 members (excludes halogenated alkanes) is 21. The summed E-state index contributed by atoms with van der Waals surface area (Å²) in [4.78, 5) is 0. The van der Waals surface area contributed by atoms with E-state index in [9.17, 15) is 0 Å². The van der Waals surface area contributed by atoms with E-state index in [1.807, 2.05) is 0 Å². The number of rotatable bonds is 30. The van der Waals surface area contributed by atoms with Crippen molar-refractivity contribution >= 4 is 10.4 Å². The second-order valence-corrected chi connectivity index (χ2v) is 13.9. The lowest BCUT2D eigenvalue weighted by Crippen LogP contribution is -2.53. The smallest absolute Gasteiger partial charge is 0.215 e. The molecular formula is C35H75NO4S. The third-order valence-electron chi connectivity index (χ3n) is 8.96.